The van der Waals surface area contributed by atoms with Crippen LogP contribution in [0.1, 0.15) is 25.0 Å². The van der Waals surface area contributed by atoms with Gasteiger partial charge in [0.05, 0.1) is 17.1 Å². The summed E-state index contributed by atoms with van der Waals surface area (Å²) in [7, 11) is 0. The first-order valence-electron chi connectivity index (χ1n) is 5.88. The predicted octanol–water partition coefficient (Wildman–Crippen LogP) is 1.22. The van der Waals surface area contributed by atoms with Crippen LogP contribution in [0.4, 0.5) is 11.4 Å². The van der Waals surface area contributed by atoms with Crippen molar-refractivity contribution in [3.63, 3.8) is 0 Å². The zero-order valence-electron chi connectivity index (χ0n) is 10.1. The first-order chi connectivity index (χ1) is 8.49. The minimum atomic E-state index is -0.734. The van der Waals surface area contributed by atoms with E-state index < -0.39 is 17.1 Å². The zero-order chi connectivity index (χ0) is 13.3. The van der Waals surface area contributed by atoms with E-state index in [4.69, 9.17) is 0 Å². The smallest absolute Gasteiger partial charge is 0.292 e. The van der Waals surface area contributed by atoms with Crippen molar-refractivity contribution in [2.24, 2.45) is 0 Å². The van der Waals surface area contributed by atoms with Crippen LogP contribution in [0.5, 0.6) is 0 Å². The van der Waals surface area contributed by atoms with E-state index in [1.54, 1.807) is 24.0 Å². The van der Waals surface area contributed by atoms with Crippen LogP contribution in [0, 0.1) is 10.1 Å². The summed E-state index contributed by atoms with van der Waals surface area (Å²) >= 11 is 0. The average Bonchev–Trinajstić information content (AvgIpc) is 2.74. The van der Waals surface area contributed by atoms with E-state index in [0.717, 1.165) is 0 Å². The minimum absolute atomic E-state index is 0.0255. The van der Waals surface area contributed by atoms with Crippen molar-refractivity contribution in [3.05, 3.63) is 33.9 Å². The molecular weight excluding hydrogens is 236 g/mol. The molecule has 1 aliphatic heterocycles. The van der Waals surface area contributed by atoms with Gasteiger partial charge in [-0.2, -0.15) is 0 Å². The molecule has 0 amide bonds. The second-order valence-electron chi connectivity index (χ2n) is 4.57. The largest absolute Gasteiger partial charge is 0.391 e. The number of hydrogen-bond donors (Lipinski definition) is 2. The lowest BCUT2D eigenvalue weighted by Gasteiger charge is -2.18. The normalized spacial score (nSPS) is 21.1. The highest BCUT2D eigenvalue weighted by Gasteiger charge is 2.26. The van der Waals surface area contributed by atoms with Gasteiger partial charge in [0.1, 0.15) is 5.69 Å². The molecule has 0 radical (unpaired) electrons. The van der Waals surface area contributed by atoms with Crippen molar-refractivity contribution >= 4 is 11.4 Å². The van der Waals surface area contributed by atoms with Crippen molar-refractivity contribution in [2.75, 3.05) is 18.0 Å². The van der Waals surface area contributed by atoms with Gasteiger partial charge in [-0.1, -0.05) is 6.07 Å². The molecule has 0 aliphatic carbocycles. The lowest BCUT2D eigenvalue weighted by Crippen LogP contribution is -2.22. The van der Waals surface area contributed by atoms with Crippen LogP contribution in [0.25, 0.3) is 0 Å². The third-order valence-corrected chi connectivity index (χ3v) is 3.18. The number of β-amino-alcohol motifs (C(OH)–C–C–N with tert-alkyl or cyclic N) is 1. The third-order valence-electron chi connectivity index (χ3n) is 3.18. The van der Waals surface area contributed by atoms with Gasteiger partial charge in [0, 0.05) is 19.2 Å². The van der Waals surface area contributed by atoms with E-state index in [9.17, 15) is 20.3 Å². The first-order valence-corrected chi connectivity index (χ1v) is 5.88. The van der Waals surface area contributed by atoms with E-state index in [0.29, 0.717) is 30.8 Å². The Morgan fingerprint density at radius 1 is 1.56 bits per heavy atom. The maximum Gasteiger partial charge on any atom is 0.292 e. The van der Waals surface area contributed by atoms with Gasteiger partial charge in [-0.25, -0.2) is 0 Å². The lowest BCUT2D eigenvalue weighted by molar-refractivity contribution is -0.384. The fraction of sp³-hybridized carbons (Fsp3) is 0.500. The fourth-order valence-electron chi connectivity index (χ4n) is 2.17. The SMILES string of the molecule is C[C@@H](O)c1ccc(N2CCC(O)C2)c([N+](=O)[O-])c1. The molecular formula is C12H16N2O4. The fourth-order valence-corrected chi connectivity index (χ4v) is 2.17. The maximum atomic E-state index is 11.1. The number of nitro benzene ring substituents is 1. The molecule has 18 heavy (non-hydrogen) atoms. The molecule has 0 aromatic heterocycles. The van der Waals surface area contributed by atoms with E-state index in [1.807, 2.05) is 0 Å². The molecule has 2 rings (SSSR count). The summed E-state index contributed by atoms with van der Waals surface area (Å²) in [6.45, 7) is 2.59. The number of aliphatic hydroxyl groups excluding tert-OH is 2. The first kappa shape index (κ1) is 12.8. The number of nitrogens with zero attached hydrogens (tertiary/aromatic N) is 2. The van der Waals surface area contributed by atoms with Crippen molar-refractivity contribution < 1.29 is 15.1 Å². The number of rotatable bonds is 3. The van der Waals surface area contributed by atoms with E-state index in [1.165, 1.54) is 6.07 Å². The summed E-state index contributed by atoms with van der Waals surface area (Å²) in [4.78, 5) is 12.4. The standard InChI is InChI=1S/C12H16N2O4/c1-8(15)9-2-3-11(12(6-9)14(17)18)13-5-4-10(16)7-13/h2-3,6,8,10,15-16H,4-5,7H2,1H3/t8-,10?/m1/s1. The number of hydrogen-bond acceptors (Lipinski definition) is 5. The summed E-state index contributed by atoms with van der Waals surface area (Å²) in [5.74, 6) is 0. The molecule has 0 bridgehead atoms. The molecule has 0 spiro atoms. The number of anilines is 1. The Kier molecular flexibility index (Phi) is 3.49. The molecule has 1 fully saturated rings. The van der Waals surface area contributed by atoms with Gasteiger partial charge >= 0.3 is 0 Å². The molecule has 1 heterocycles. The van der Waals surface area contributed by atoms with Crippen LogP contribution in [-0.2, 0) is 0 Å². The van der Waals surface area contributed by atoms with E-state index in [2.05, 4.69) is 0 Å². The molecule has 1 aromatic carbocycles. The minimum Gasteiger partial charge on any atom is -0.391 e. The molecule has 2 atom stereocenters. The van der Waals surface area contributed by atoms with Gasteiger partial charge in [0.25, 0.3) is 5.69 Å². The summed E-state index contributed by atoms with van der Waals surface area (Å²) in [6, 6.07) is 4.71. The molecule has 6 heteroatoms. The van der Waals surface area contributed by atoms with Crippen molar-refractivity contribution in [1.82, 2.24) is 0 Å². The Balaban J connectivity index is 2.38. The van der Waals surface area contributed by atoms with Crippen LogP contribution in [0.2, 0.25) is 0 Å². The van der Waals surface area contributed by atoms with Gasteiger partial charge in [-0.15, -0.1) is 0 Å². The van der Waals surface area contributed by atoms with Crippen LogP contribution in [-0.4, -0.2) is 34.3 Å². The quantitative estimate of drug-likeness (QED) is 0.624. The number of nitro groups is 1. The van der Waals surface area contributed by atoms with E-state index >= 15 is 0 Å². The van der Waals surface area contributed by atoms with Gasteiger partial charge in [-0.05, 0) is 25.0 Å². The number of benzene rings is 1. The van der Waals surface area contributed by atoms with Crippen LogP contribution < -0.4 is 4.90 Å². The van der Waals surface area contributed by atoms with Crippen molar-refractivity contribution in [1.29, 1.82) is 0 Å². The molecule has 6 nitrogen and oxygen atoms in total. The monoisotopic (exact) mass is 252 g/mol. The molecule has 1 aromatic rings. The van der Waals surface area contributed by atoms with Gasteiger partial charge in [0.2, 0.25) is 0 Å². The van der Waals surface area contributed by atoms with Gasteiger partial charge < -0.3 is 15.1 Å². The zero-order valence-corrected chi connectivity index (χ0v) is 10.1. The molecule has 2 N–H and O–H groups in total. The number of aliphatic hydroxyl groups is 2. The summed E-state index contributed by atoms with van der Waals surface area (Å²) in [6.07, 6.45) is -0.544. The van der Waals surface area contributed by atoms with Crippen LogP contribution in [0.3, 0.4) is 0 Å². The Labute approximate surface area is 105 Å². The topological polar surface area (TPSA) is 86.8 Å². The Bertz CT molecular complexity index is 461. The average molecular weight is 252 g/mol. The molecule has 1 saturated heterocycles. The highest BCUT2D eigenvalue weighted by molar-refractivity contribution is 5.65. The van der Waals surface area contributed by atoms with Gasteiger partial charge in [-0.3, -0.25) is 10.1 Å². The molecule has 98 valence electrons. The highest BCUT2D eigenvalue weighted by atomic mass is 16.6. The van der Waals surface area contributed by atoms with Crippen molar-refractivity contribution in [3.8, 4) is 0 Å². The summed E-state index contributed by atoms with van der Waals surface area (Å²) < 4.78 is 0. The van der Waals surface area contributed by atoms with Crippen LogP contribution >= 0.6 is 0 Å². The molecule has 0 saturated carbocycles. The van der Waals surface area contributed by atoms with Crippen LogP contribution in [0.15, 0.2) is 18.2 Å². The Morgan fingerprint density at radius 3 is 2.78 bits per heavy atom. The lowest BCUT2D eigenvalue weighted by atomic mass is 10.1. The molecule has 1 aliphatic rings. The highest BCUT2D eigenvalue weighted by Crippen LogP contribution is 2.33. The molecule has 1 unspecified atom stereocenters. The predicted molar refractivity (Wildman–Crippen MR) is 66.6 cm³/mol. The van der Waals surface area contributed by atoms with Gasteiger partial charge in [0.15, 0.2) is 0 Å². The summed E-state index contributed by atoms with van der Waals surface area (Å²) in [5, 5.41) is 30.0. The second-order valence-corrected chi connectivity index (χ2v) is 4.57. The summed E-state index contributed by atoms with van der Waals surface area (Å²) in [5.41, 5.74) is 0.994. The maximum absolute atomic E-state index is 11.1. The Morgan fingerprint density at radius 2 is 2.28 bits per heavy atom. The van der Waals surface area contributed by atoms with E-state index in [-0.39, 0.29) is 5.69 Å². The Hall–Kier alpha value is -1.66. The second kappa shape index (κ2) is 4.91. The van der Waals surface area contributed by atoms with Crippen molar-refractivity contribution in [2.45, 2.75) is 25.6 Å². The third kappa shape index (κ3) is 2.44.